The van der Waals surface area contributed by atoms with Crippen molar-refractivity contribution in [3.63, 3.8) is 0 Å². The number of nitrogens with zero attached hydrogens (tertiary/aromatic N) is 2. The van der Waals surface area contributed by atoms with Gasteiger partial charge in [-0.1, -0.05) is 53.2 Å². The van der Waals surface area contributed by atoms with Gasteiger partial charge in [-0.3, -0.25) is 4.79 Å². The molecule has 0 aliphatic carbocycles. The van der Waals surface area contributed by atoms with E-state index in [1.165, 1.54) is 11.8 Å². The lowest BCUT2D eigenvalue weighted by Gasteiger charge is -2.06. The number of thioether (sulfide) groups is 1. The number of nitrogens with one attached hydrogen (secondary N) is 1. The molecule has 3 rings (SSSR count). The third-order valence-corrected chi connectivity index (χ3v) is 5.54. The third kappa shape index (κ3) is 4.45. The number of hydrogen-bond acceptors (Lipinski definition) is 5. The topological polar surface area (TPSA) is 54.9 Å². The highest BCUT2D eigenvalue weighted by Crippen LogP contribution is 2.26. The molecular formula is C16H13Cl2N3OS2. The van der Waals surface area contributed by atoms with E-state index in [4.69, 9.17) is 35.4 Å². The van der Waals surface area contributed by atoms with Crippen LogP contribution in [0.1, 0.15) is 17.5 Å². The molecule has 1 aromatic carbocycles. The number of aromatic nitrogens is 2. The molecule has 0 bridgehead atoms. The Morgan fingerprint density at radius 2 is 1.96 bits per heavy atom. The number of carbonyl (C=O) groups is 1. The van der Waals surface area contributed by atoms with Crippen molar-refractivity contribution in [2.24, 2.45) is 5.92 Å². The van der Waals surface area contributed by atoms with E-state index in [0.717, 1.165) is 11.1 Å². The molecule has 1 aromatic heterocycles. The molecule has 1 amide bonds. The average Bonchev–Trinajstić information content (AvgIpc) is 2.87. The summed E-state index contributed by atoms with van der Waals surface area (Å²) in [6, 6.07) is 5.55. The Balaban J connectivity index is 1.57. The zero-order valence-corrected chi connectivity index (χ0v) is 15.6. The number of hydrogen-bond donors (Lipinski definition) is 1. The number of halogens is 2. The molecule has 1 aliphatic rings. The summed E-state index contributed by atoms with van der Waals surface area (Å²) in [5, 5.41) is 4.43. The lowest BCUT2D eigenvalue weighted by atomic mass is 10.0. The minimum absolute atomic E-state index is 0.0157. The largest absolute Gasteiger partial charge is 0.320 e. The summed E-state index contributed by atoms with van der Waals surface area (Å²) in [7, 11) is 0. The SMILES string of the molecule is O=C1NC(=S)CC1Cc1cnc(SCc2ccc(Cl)c(Cl)c2)nc1. The van der Waals surface area contributed by atoms with Crippen LogP contribution in [0, 0.1) is 5.92 Å². The van der Waals surface area contributed by atoms with Crippen LogP contribution in [0.4, 0.5) is 0 Å². The first-order valence-electron chi connectivity index (χ1n) is 7.22. The summed E-state index contributed by atoms with van der Waals surface area (Å²) < 4.78 is 0. The molecular weight excluding hydrogens is 385 g/mol. The lowest BCUT2D eigenvalue weighted by molar-refractivity contribution is -0.122. The molecule has 2 heterocycles. The zero-order chi connectivity index (χ0) is 17.1. The zero-order valence-electron chi connectivity index (χ0n) is 12.5. The Labute approximate surface area is 159 Å². The predicted molar refractivity (Wildman–Crippen MR) is 101 cm³/mol. The highest BCUT2D eigenvalue weighted by Gasteiger charge is 2.28. The molecule has 2 aromatic rings. The molecule has 1 fully saturated rings. The fraction of sp³-hybridized carbons (Fsp3) is 0.250. The van der Waals surface area contributed by atoms with E-state index in [9.17, 15) is 4.79 Å². The van der Waals surface area contributed by atoms with Crippen molar-refractivity contribution in [1.82, 2.24) is 15.3 Å². The first-order valence-corrected chi connectivity index (χ1v) is 9.37. The van der Waals surface area contributed by atoms with E-state index in [0.29, 0.717) is 38.8 Å². The van der Waals surface area contributed by atoms with Gasteiger partial charge in [-0.2, -0.15) is 0 Å². The standard InChI is InChI=1S/C16H13Cl2N3OS2/c17-12-2-1-9(4-13(12)18)8-24-16-19-6-10(7-20-16)3-11-5-14(23)21-15(11)22/h1-2,4,6-7,11H,3,5,8H2,(H,21,22,23). The molecule has 1 saturated heterocycles. The maximum absolute atomic E-state index is 11.7. The third-order valence-electron chi connectivity index (χ3n) is 3.58. The average molecular weight is 398 g/mol. The molecule has 8 heteroatoms. The molecule has 1 atom stereocenters. The van der Waals surface area contributed by atoms with Gasteiger partial charge in [0.15, 0.2) is 5.16 Å². The first kappa shape index (κ1) is 17.6. The van der Waals surface area contributed by atoms with Crippen LogP contribution in [0.5, 0.6) is 0 Å². The second-order valence-electron chi connectivity index (χ2n) is 5.43. The van der Waals surface area contributed by atoms with Crippen molar-refractivity contribution in [3.05, 3.63) is 51.8 Å². The van der Waals surface area contributed by atoms with Crippen LogP contribution >= 0.6 is 47.2 Å². The van der Waals surface area contributed by atoms with Crippen LogP contribution in [0.15, 0.2) is 35.7 Å². The minimum Gasteiger partial charge on any atom is -0.320 e. The molecule has 0 spiro atoms. The maximum Gasteiger partial charge on any atom is 0.228 e. The van der Waals surface area contributed by atoms with Gasteiger partial charge in [0.2, 0.25) is 5.91 Å². The van der Waals surface area contributed by atoms with Crippen LogP contribution in [-0.4, -0.2) is 20.9 Å². The fourth-order valence-electron chi connectivity index (χ4n) is 2.36. The van der Waals surface area contributed by atoms with Crippen molar-refractivity contribution < 1.29 is 4.79 Å². The second kappa shape index (κ2) is 7.78. The number of thiocarbonyl (C=S) groups is 1. The van der Waals surface area contributed by atoms with Gasteiger partial charge >= 0.3 is 0 Å². The Morgan fingerprint density at radius 1 is 1.21 bits per heavy atom. The Hall–Kier alpha value is -1.21. The van der Waals surface area contributed by atoms with Crippen molar-refractivity contribution in [1.29, 1.82) is 0 Å². The number of amides is 1. The highest BCUT2D eigenvalue weighted by molar-refractivity contribution is 7.98. The molecule has 1 N–H and O–H groups in total. The van der Waals surface area contributed by atoms with E-state index >= 15 is 0 Å². The highest BCUT2D eigenvalue weighted by atomic mass is 35.5. The molecule has 1 unspecified atom stereocenters. The van der Waals surface area contributed by atoms with Crippen LogP contribution in [0.2, 0.25) is 10.0 Å². The molecule has 24 heavy (non-hydrogen) atoms. The van der Waals surface area contributed by atoms with Crippen molar-refractivity contribution >= 4 is 58.1 Å². The normalized spacial score (nSPS) is 17.2. The van der Waals surface area contributed by atoms with Crippen molar-refractivity contribution in [2.45, 2.75) is 23.8 Å². The molecule has 0 radical (unpaired) electrons. The van der Waals surface area contributed by atoms with Gasteiger partial charge in [-0.05, 0) is 29.7 Å². The van der Waals surface area contributed by atoms with Gasteiger partial charge in [0.1, 0.15) is 0 Å². The van der Waals surface area contributed by atoms with Gasteiger partial charge in [0.05, 0.1) is 15.0 Å². The summed E-state index contributed by atoms with van der Waals surface area (Å²) in [4.78, 5) is 21.0. The summed E-state index contributed by atoms with van der Waals surface area (Å²) in [5.41, 5.74) is 1.98. The smallest absolute Gasteiger partial charge is 0.228 e. The Bertz CT molecular complexity index is 783. The van der Waals surface area contributed by atoms with Crippen molar-refractivity contribution in [3.8, 4) is 0 Å². The Morgan fingerprint density at radius 3 is 2.58 bits per heavy atom. The fourth-order valence-corrected chi connectivity index (χ4v) is 3.71. The quantitative estimate of drug-likeness (QED) is 0.467. The van der Waals surface area contributed by atoms with E-state index < -0.39 is 0 Å². The second-order valence-corrected chi connectivity index (χ2v) is 7.68. The molecule has 4 nitrogen and oxygen atoms in total. The van der Waals surface area contributed by atoms with Gasteiger partial charge in [-0.25, -0.2) is 9.97 Å². The molecule has 1 aliphatic heterocycles. The number of rotatable bonds is 5. The van der Waals surface area contributed by atoms with Crippen LogP contribution in [-0.2, 0) is 17.0 Å². The predicted octanol–water partition coefficient (Wildman–Crippen LogP) is 4.08. The van der Waals surface area contributed by atoms with Gasteiger partial charge in [0.25, 0.3) is 0 Å². The summed E-state index contributed by atoms with van der Waals surface area (Å²) in [6.45, 7) is 0. The lowest BCUT2D eigenvalue weighted by Crippen LogP contribution is -2.22. The monoisotopic (exact) mass is 397 g/mol. The van der Waals surface area contributed by atoms with E-state index in [1.54, 1.807) is 18.5 Å². The van der Waals surface area contributed by atoms with E-state index in [2.05, 4.69) is 15.3 Å². The van der Waals surface area contributed by atoms with Gasteiger partial charge in [0, 0.05) is 30.5 Å². The van der Waals surface area contributed by atoms with Crippen LogP contribution < -0.4 is 5.32 Å². The molecule has 0 saturated carbocycles. The van der Waals surface area contributed by atoms with Gasteiger partial charge in [-0.15, -0.1) is 0 Å². The minimum atomic E-state index is -0.115. The van der Waals surface area contributed by atoms with Crippen molar-refractivity contribution in [2.75, 3.05) is 0 Å². The maximum atomic E-state index is 11.7. The summed E-state index contributed by atoms with van der Waals surface area (Å²) >= 11 is 18.5. The van der Waals surface area contributed by atoms with Crippen LogP contribution in [0.25, 0.3) is 0 Å². The van der Waals surface area contributed by atoms with Gasteiger partial charge < -0.3 is 5.32 Å². The number of carbonyl (C=O) groups excluding carboxylic acids is 1. The van der Waals surface area contributed by atoms with Crippen LogP contribution in [0.3, 0.4) is 0 Å². The summed E-state index contributed by atoms with van der Waals surface area (Å²) in [6.07, 6.45) is 4.73. The molecule has 124 valence electrons. The Kier molecular flexibility index (Phi) is 5.71. The first-order chi connectivity index (χ1) is 11.5. The summed E-state index contributed by atoms with van der Waals surface area (Å²) in [5.74, 6) is 0.573. The van der Waals surface area contributed by atoms with E-state index in [-0.39, 0.29) is 11.8 Å². The van der Waals surface area contributed by atoms with E-state index in [1.807, 2.05) is 12.1 Å². The number of benzene rings is 1.